The fourth-order valence-corrected chi connectivity index (χ4v) is 3.94. The van der Waals surface area contributed by atoms with Crippen LogP contribution in [0.25, 0.3) is 0 Å². The summed E-state index contributed by atoms with van der Waals surface area (Å²) in [4.78, 5) is 20.7. The number of fused-ring (bicyclic) bond motifs is 1. The van der Waals surface area contributed by atoms with E-state index in [1.54, 1.807) is 12.1 Å². The van der Waals surface area contributed by atoms with E-state index in [4.69, 9.17) is 26.8 Å². The van der Waals surface area contributed by atoms with Gasteiger partial charge in [-0.25, -0.2) is 13.8 Å². The number of halogens is 3. The average Bonchev–Trinajstić information content (AvgIpc) is 3.47. The largest absolute Gasteiger partial charge is 0.493 e. The van der Waals surface area contributed by atoms with E-state index in [0.717, 1.165) is 0 Å². The Morgan fingerprint density at radius 2 is 2.24 bits per heavy atom. The fourth-order valence-electron chi connectivity index (χ4n) is 3.82. The van der Waals surface area contributed by atoms with Crippen molar-refractivity contribution in [2.24, 2.45) is 16.6 Å². The standard InChI is InChI=1S/C20H18ClF2N3O3/c1-28-18-13(20(9-22)12-7-17(12)29-19(24)26-20)4-10(5-14(18)23)6-16(27)15-3-2-11(21)8-25-15/h2-5,8,12,17H,6-7,9H2,1H3,(H2,24,26)/t12-,17+,20-/m1/s1. The first-order valence-electron chi connectivity index (χ1n) is 8.97. The minimum atomic E-state index is -1.41. The highest BCUT2D eigenvalue weighted by molar-refractivity contribution is 6.30. The first-order chi connectivity index (χ1) is 13.9. The molecule has 1 aromatic carbocycles. The van der Waals surface area contributed by atoms with Crippen molar-refractivity contribution in [1.29, 1.82) is 0 Å². The van der Waals surface area contributed by atoms with E-state index in [1.165, 1.54) is 25.4 Å². The van der Waals surface area contributed by atoms with Gasteiger partial charge in [0.2, 0.25) is 0 Å². The fraction of sp³-hybridized carbons (Fsp3) is 0.350. The Morgan fingerprint density at radius 1 is 1.45 bits per heavy atom. The summed E-state index contributed by atoms with van der Waals surface area (Å²) < 4.78 is 39.7. The van der Waals surface area contributed by atoms with Crippen LogP contribution in [0.5, 0.6) is 5.75 Å². The molecule has 1 saturated carbocycles. The second kappa shape index (κ2) is 7.26. The predicted molar refractivity (Wildman–Crippen MR) is 102 cm³/mol. The summed E-state index contributed by atoms with van der Waals surface area (Å²) >= 11 is 5.79. The molecule has 6 nitrogen and oxygen atoms in total. The molecule has 0 radical (unpaired) electrons. The molecule has 1 aliphatic heterocycles. The van der Waals surface area contributed by atoms with Crippen molar-refractivity contribution < 1.29 is 23.0 Å². The van der Waals surface area contributed by atoms with E-state index >= 15 is 0 Å². The van der Waals surface area contributed by atoms with Crippen LogP contribution in [0.3, 0.4) is 0 Å². The van der Waals surface area contributed by atoms with Gasteiger partial charge >= 0.3 is 0 Å². The number of ether oxygens (including phenoxy) is 2. The number of hydrogen-bond acceptors (Lipinski definition) is 6. The van der Waals surface area contributed by atoms with E-state index in [9.17, 15) is 13.6 Å². The van der Waals surface area contributed by atoms with Crippen LogP contribution >= 0.6 is 11.6 Å². The molecular weight excluding hydrogens is 404 g/mol. The number of rotatable bonds is 6. The molecule has 1 aliphatic carbocycles. The van der Waals surface area contributed by atoms with Gasteiger partial charge in [0, 0.05) is 24.1 Å². The van der Waals surface area contributed by atoms with Crippen LogP contribution < -0.4 is 10.5 Å². The number of nitrogens with zero attached hydrogens (tertiary/aromatic N) is 2. The zero-order valence-electron chi connectivity index (χ0n) is 15.5. The van der Waals surface area contributed by atoms with Gasteiger partial charge in [-0.3, -0.25) is 9.78 Å². The SMILES string of the molecule is COc1c(F)cc(CC(=O)c2ccc(Cl)cn2)cc1[C@]1(CF)N=C(N)O[C@H]2C[C@H]21. The average molecular weight is 422 g/mol. The van der Waals surface area contributed by atoms with Crippen molar-refractivity contribution in [2.45, 2.75) is 24.5 Å². The monoisotopic (exact) mass is 421 g/mol. The molecular formula is C20H18ClF2N3O3. The number of amidine groups is 1. The van der Waals surface area contributed by atoms with Crippen LogP contribution in [0.2, 0.25) is 5.02 Å². The van der Waals surface area contributed by atoms with Gasteiger partial charge in [-0.05, 0) is 36.2 Å². The van der Waals surface area contributed by atoms with Gasteiger partial charge < -0.3 is 15.2 Å². The minimum absolute atomic E-state index is 0.118. The molecule has 0 unspecified atom stereocenters. The zero-order valence-corrected chi connectivity index (χ0v) is 16.2. The quantitative estimate of drug-likeness (QED) is 0.724. The maximum Gasteiger partial charge on any atom is 0.283 e. The van der Waals surface area contributed by atoms with Crippen LogP contribution in [0.15, 0.2) is 35.5 Å². The molecule has 3 atom stereocenters. The molecule has 9 heteroatoms. The Morgan fingerprint density at radius 3 is 2.90 bits per heavy atom. The summed E-state index contributed by atoms with van der Waals surface area (Å²) in [5.74, 6) is -1.43. The number of methoxy groups -OCH3 is 1. The lowest BCUT2D eigenvalue weighted by Crippen LogP contribution is -2.39. The maximum absolute atomic E-state index is 14.8. The molecule has 152 valence electrons. The Kier molecular flexibility index (Phi) is 4.90. The third kappa shape index (κ3) is 3.42. The lowest BCUT2D eigenvalue weighted by Gasteiger charge is -2.32. The minimum Gasteiger partial charge on any atom is -0.493 e. The van der Waals surface area contributed by atoms with Gasteiger partial charge in [0.15, 0.2) is 17.3 Å². The Bertz CT molecular complexity index is 999. The number of pyridine rings is 1. The van der Waals surface area contributed by atoms with Crippen molar-refractivity contribution in [3.8, 4) is 5.75 Å². The van der Waals surface area contributed by atoms with Crippen LogP contribution in [0.1, 0.15) is 28.0 Å². The summed E-state index contributed by atoms with van der Waals surface area (Å²) in [6, 6.07) is 5.64. The molecule has 1 aromatic heterocycles. The molecule has 0 spiro atoms. The number of benzene rings is 1. The van der Waals surface area contributed by atoms with Crippen molar-refractivity contribution in [3.63, 3.8) is 0 Å². The topological polar surface area (TPSA) is 86.8 Å². The van der Waals surface area contributed by atoms with Crippen molar-refractivity contribution >= 4 is 23.4 Å². The first-order valence-corrected chi connectivity index (χ1v) is 9.35. The van der Waals surface area contributed by atoms with Gasteiger partial charge in [0.05, 0.1) is 12.1 Å². The second-order valence-corrected chi connectivity index (χ2v) is 7.56. The summed E-state index contributed by atoms with van der Waals surface area (Å²) in [5, 5.41) is 0.401. The summed E-state index contributed by atoms with van der Waals surface area (Å²) in [6.07, 6.45) is 1.52. The van der Waals surface area contributed by atoms with E-state index in [0.29, 0.717) is 17.0 Å². The number of alkyl halides is 1. The van der Waals surface area contributed by atoms with E-state index in [1.807, 2.05) is 0 Å². The highest BCUT2D eigenvalue weighted by atomic mass is 35.5. The number of ketones is 1. The van der Waals surface area contributed by atoms with Crippen LogP contribution in [-0.4, -0.2) is 36.7 Å². The normalized spacial score (nSPS) is 24.9. The number of carbonyl (C=O) groups excluding carboxylic acids is 1. The number of carbonyl (C=O) groups is 1. The molecule has 2 aliphatic rings. The second-order valence-electron chi connectivity index (χ2n) is 7.13. The highest BCUT2D eigenvalue weighted by Gasteiger charge is 2.60. The van der Waals surface area contributed by atoms with Crippen LogP contribution in [0, 0.1) is 11.7 Å². The maximum atomic E-state index is 14.8. The molecule has 2 aromatic rings. The van der Waals surface area contributed by atoms with Gasteiger partial charge in [-0.1, -0.05) is 11.6 Å². The zero-order chi connectivity index (χ0) is 20.8. The molecule has 0 saturated heterocycles. The van der Waals surface area contributed by atoms with Crippen molar-refractivity contribution in [3.05, 3.63) is 58.1 Å². The predicted octanol–water partition coefficient (Wildman–Crippen LogP) is 3.21. The van der Waals surface area contributed by atoms with Gasteiger partial charge in [0.25, 0.3) is 6.02 Å². The third-order valence-corrected chi connectivity index (χ3v) is 5.51. The van der Waals surface area contributed by atoms with Crippen molar-refractivity contribution in [1.82, 2.24) is 4.98 Å². The number of Topliss-reactive ketones (excluding diaryl/α,β-unsaturated/α-hetero) is 1. The van der Waals surface area contributed by atoms with Gasteiger partial charge in [0.1, 0.15) is 24.0 Å². The van der Waals surface area contributed by atoms with Crippen molar-refractivity contribution in [2.75, 3.05) is 13.8 Å². The molecule has 0 amide bonds. The smallest absolute Gasteiger partial charge is 0.283 e. The number of aromatic nitrogens is 1. The molecule has 2 heterocycles. The summed E-state index contributed by atoms with van der Waals surface area (Å²) in [5.41, 5.74) is 5.09. The van der Waals surface area contributed by atoms with Gasteiger partial charge in [-0.15, -0.1) is 0 Å². The lowest BCUT2D eigenvalue weighted by molar-refractivity contribution is 0.0988. The van der Waals surface area contributed by atoms with Crippen LogP contribution in [-0.2, 0) is 16.7 Å². The third-order valence-electron chi connectivity index (χ3n) is 5.28. The van der Waals surface area contributed by atoms with E-state index in [-0.39, 0.29) is 47.3 Å². The summed E-state index contributed by atoms with van der Waals surface area (Å²) in [7, 11) is 1.30. The van der Waals surface area contributed by atoms with E-state index < -0.39 is 18.0 Å². The Hall–Kier alpha value is -2.74. The lowest BCUT2D eigenvalue weighted by atomic mass is 9.83. The molecule has 0 bridgehead atoms. The Labute approximate surface area is 170 Å². The van der Waals surface area contributed by atoms with E-state index in [2.05, 4.69) is 9.98 Å². The van der Waals surface area contributed by atoms with Crippen LogP contribution in [0.4, 0.5) is 8.78 Å². The number of hydrogen-bond donors (Lipinski definition) is 1. The molecule has 4 rings (SSSR count). The molecule has 1 fully saturated rings. The highest BCUT2D eigenvalue weighted by Crippen LogP contribution is 2.55. The summed E-state index contributed by atoms with van der Waals surface area (Å²) in [6.45, 7) is -0.899. The first kappa shape index (κ1) is 19.6. The van der Waals surface area contributed by atoms with Gasteiger partial charge in [-0.2, -0.15) is 0 Å². The molecule has 2 N–H and O–H groups in total. The number of nitrogens with two attached hydrogens (primary N) is 1. The molecule has 29 heavy (non-hydrogen) atoms. The number of aliphatic imine (C=N–C) groups is 1. The Balaban J connectivity index is 1.75.